The Morgan fingerprint density at radius 3 is 2.35 bits per heavy atom. The lowest BCUT2D eigenvalue weighted by Crippen LogP contribution is -2.52. The lowest BCUT2D eigenvalue weighted by molar-refractivity contribution is -0.139. The first-order valence-electron chi connectivity index (χ1n) is 11.5. The van der Waals surface area contributed by atoms with Gasteiger partial charge in [0.1, 0.15) is 11.7 Å². The van der Waals surface area contributed by atoms with Crippen molar-refractivity contribution in [3.05, 3.63) is 72.2 Å². The Morgan fingerprint density at radius 2 is 1.61 bits per heavy atom. The summed E-state index contributed by atoms with van der Waals surface area (Å²) >= 11 is 0. The molecule has 2 aromatic heterocycles. The molecule has 0 spiro atoms. The number of carbonyl (C=O) groups is 1. The number of fused-ring (bicyclic) bond motifs is 1. The fraction of sp³-hybridized carbons (Fsp3) is 0.440. The molecule has 1 aromatic carbocycles. The molecule has 0 bridgehead atoms. The normalized spacial score (nSPS) is 19.5. The van der Waals surface area contributed by atoms with Gasteiger partial charge in [0.25, 0.3) is 0 Å². The third kappa shape index (κ3) is 4.50. The molecule has 2 saturated heterocycles. The molecule has 2 aliphatic rings. The molecule has 0 saturated carbocycles. The summed E-state index contributed by atoms with van der Waals surface area (Å²) in [6.07, 6.45) is 7.65. The van der Waals surface area contributed by atoms with Crippen molar-refractivity contribution in [2.24, 2.45) is 0 Å². The van der Waals surface area contributed by atoms with E-state index in [1.165, 1.54) is 6.42 Å². The van der Waals surface area contributed by atoms with Gasteiger partial charge in [0, 0.05) is 58.2 Å². The zero-order valence-electron chi connectivity index (χ0n) is 18.1. The van der Waals surface area contributed by atoms with Crippen molar-refractivity contribution in [1.82, 2.24) is 24.1 Å². The number of pyridine rings is 1. The predicted octanol–water partition coefficient (Wildman–Crippen LogP) is 3.21. The number of nitrogens with zero attached hydrogens (tertiary/aromatic N) is 5. The Morgan fingerprint density at radius 1 is 0.871 bits per heavy atom. The van der Waals surface area contributed by atoms with Gasteiger partial charge in [-0.2, -0.15) is 0 Å². The van der Waals surface area contributed by atoms with Crippen LogP contribution in [0.4, 0.5) is 0 Å². The molecule has 162 valence electrons. The number of carbonyl (C=O) groups excluding carboxylic acids is 1. The summed E-state index contributed by atoms with van der Waals surface area (Å²) < 4.78 is 2.08. The average molecular weight is 418 g/mol. The highest BCUT2D eigenvalue weighted by Gasteiger charge is 2.33. The molecular formula is C25H31N5O. The molecule has 31 heavy (non-hydrogen) atoms. The number of piperazine rings is 1. The van der Waals surface area contributed by atoms with Crippen molar-refractivity contribution in [3.8, 4) is 0 Å². The number of imidazole rings is 1. The van der Waals surface area contributed by atoms with Crippen LogP contribution >= 0.6 is 0 Å². The fourth-order valence-electron chi connectivity index (χ4n) is 4.90. The van der Waals surface area contributed by atoms with E-state index in [-0.39, 0.29) is 11.9 Å². The summed E-state index contributed by atoms with van der Waals surface area (Å²) in [5.41, 5.74) is 3.21. The van der Waals surface area contributed by atoms with E-state index in [1.54, 1.807) is 0 Å². The molecule has 1 amide bonds. The van der Waals surface area contributed by atoms with Gasteiger partial charge in [-0.15, -0.1) is 0 Å². The van der Waals surface area contributed by atoms with E-state index in [0.717, 1.165) is 75.6 Å². The summed E-state index contributed by atoms with van der Waals surface area (Å²) in [7, 11) is 0. The number of rotatable bonds is 5. The topological polar surface area (TPSA) is 44.1 Å². The maximum Gasteiger partial charge on any atom is 0.244 e. The van der Waals surface area contributed by atoms with Crippen LogP contribution in [0.5, 0.6) is 0 Å². The van der Waals surface area contributed by atoms with Crippen LogP contribution in [0.25, 0.3) is 5.65 Å². The van der Waals surface area contributed by atoms with Crippen LogP contribution in [0, 0.1) is 0 Å². The summed E-state index contributed by atoms with van der Waals surface area (Å²) in [6, 6.07) is 16.3. The molecule has 5 rings (SSSR count). The van der Waals surface area contributed by atoms with Gasteiger partial charge in [0.15, 0.2) is 0 Å². The van der Waals surface area contributed by atoms with Crippen molar-refractivity contribution < 1.29 is 4.79 Å². The highest BCUT2D eigenvalue weighted by atomic mass is 16.2. The summed E-state index contributed by atoms with van der Waals surface area (Å²) in [6.45, 7) is 6.34. The molecule has 0 aliphatic carbocycles. The Kier molecular flexibility index (Phi) is 6.00. The summed E-state index contributed by atoms with van der Waals surface area (Å²) in [5.74, 6) is 0.278. The molecule has 6 nitrogen and oxygen atoms in total. The van der Waals surface area contributed by atoms with Crippen LogP contribution in [0.3, 0.4) is 0 Å². The maximum absolute atomic E-state index is 13.5. The molecule has 0 unspecified atom stereocenters. The molecule has 2 fully saturated rings. The maximum atomic E-state index is 13.5. The van der Waals surface area contributed by atoms with Crippen molar-refractivity contribution in [2.45, 2.75) is 31.8 Å². The number of hydrogen-bond acceptors (Lipinski definition) is 4. The van der Waals surface area contributed by atoms with Crippen LogP contribution in [0.1, 0.15) is 36.6 Å². The quantitative estimate of drug-likeness (QED) is 0.640. The molecule has 2 aliphatic heterocycles. The van der Waals surface area contributed by atoms with Crippen molar-refractivity contribution in [2.75, 3.05) is 39.3 Å². The molecule has 3 aromatic rings. The van der Waals surface area contributed by atoms with Crippen LogP contribution in [0.2, 0.25) is 0 Å². The minimum Gasteiger partial charge on any atom is -0.341 e. The second-order valence-corrected chi connectivity index (χ2v) is 8.71. The lowest BCUT2D eigenvalue weighted by Gasteiger charge is -2.41. The van der Waals surface area contributed by atoms with Crippen LogP contribution in [0.15, 0.2) is 60.9 Å². The van der Waals surface area contributed by atoms with Gasteiger partial charge in [-0.25, -0.2) is 4.98 Å². The smallest absolute Gasteiger partial charge is 0.244 e. The first-order valence-corrected chi connectivity index (χ1v) is 11.5. The molecule has 4 heterocycles. The molecule has 6 heteroatoms. The molecule has 0 N–H and O–H groups in total. The number of amides is 1. The fourth-order valence-corrected chi connectivity index (χ4v) is 4.90. The standard InChI is InChI=1S/C25H31N5O/c31-25(29-12-6-2-7-13-29)24(21-9-3-1-4-10-21)28-17-15-27(16-18-28)19-22-20-30-14-8-5-11-23(30)26-22/h1,3-5,8-11,14,20,24H,2,6-7,12-13,15-19H2/t24-/m0/s1. The number of piperidine rings is 1. The van der Waals surface area contributed by atoms with Crippen molar-refractivity contribution >= 4 is 11.6 Å². The summed E-state index contributed by atoms with van der Waals surface area (Å²) in [4.78, 5) is 25.2. The SMILES string of the molecule is O=C([C@H](c1ccccc1)N1CCN(Cc2cn3ccccc3n2)CC1)N1CCCCC1. The van der Waals surface area contributed by atoms with Gasteiger partial charge < -0.3 is 9.30 Å². The zero-order chi connectivity index (χ0) is 21.0. The van der Waals surface area contributed by atoms with Gasteiger partial charge in [-0.05, 0) is 37.0 Å². The van der Waals surface area contributed by atoms with E-state index in [9.17, 15) is 4.79 Å². The van der Waals surface area contributed by atoms with E-state index in [1.807, 2.05) is 42.6 Å². The Balaban J connectivity index is 1.27. The van der Waals surface area contributed by atoms with Gasteiger partial charge >= 0.3 is 0 Å². The van der Waals surface area contributed by atoms with Gasteiger partial charge in [0.05, 0.1) is 5.69 Å². The highest BCUT2D eigenvalue weighted by molar-refractivity contribution is 5.83. The second-order valence-electron chi connectivity index (χ2n) is 8.71. The third-order valence-corrected chi connectivity index (χ3v) is 6.59. The minimum absolute atomic E-state index is 0.170. The number of hydrogen-bond donors (Lipinski definition) is 0. The largest absolute Gasteiger partial charge is 0.341 e. The van der Waals surface area contributed by atoms with Crippen LogP contribution in [-0.2, 0) is 11.3 Å². The van der Waals surface area contributed by atoms with E-state index in [0.29, 0.717) is 0 Å². The molecule has 1 atom stereocenters. The van der Waals surface area contributed by atoms with Crippen LogP contribution in [-0.4, -0.2) is 69.3 Å². The van der Waals surface area contributed by atoms with Crippen molar-refractivity contribution in [3.63, 3.8) is 0 Å². The first-order chi connectivity index (χ1) is 15.3. The van der Waals surface area contributed by atoms with Crippen molar-refractivity contribution in [1.29, 1.82) is 0 Å². The zero-order valence-corrected chi connectivity index (χ0v) is 18.1. The highest BCUT2D eigenvalue weighted by Crippen LogP contribution is 2.26. The Bertz CT molecular complexity index is 970. The van der Waals surface area contributed by atoms with Gasteiger partial charge in [-0.3, -0.25) is 14.6 Å². The van der Waals surface area contributed by atoms with E-state index in [2.05, 4.69) is 37.4 Å². The van der Waals surface area contributed by atoms with Gasteiger partial charge in [-0.1, -0.05) is 36.4 Å². The lowest BCUT2D eigenvalue weighted by atomic mass is 10.0. The Hall–Kier alpha value is -2.70. The number of aromatic nitrogens is 2. The van der Waals surface area contributed by atoms with Gasteiger partial charge in [0.2, 0.25) is 5.91 Å². The first kappa shape index (κ1) is 20.2. The molecular weight excluding hydrogens is 386 g/mol. The predicted molar refractivity (Wildman–Crippen MR) is 122 cm³/mol. The number of benzene rings is 1. The third-order valence-electron chi connectivity index (χ3n) is 6.59. The van der Waals surface area contributed by atoms with Crippen LogP contribution < -0.4 is 0 Å². The minimum atomic E-state index is -0.170. The summed E-state index contributed by atoms with van der Waals surface area (Å²) in [5, 5.41) is 0. The van der Waals surface area contributed by atoms with E-state index in [4.69, 9.17) is 4.98 Å². The monoisotopic (exact) mass is 417 g/mol. The molecule has 0 radical (unpaired) electrons. The van der Waals surface area contributed by atoms with E-state index >= 15 is 0 Å². The Labute approximate surface area is 184 Å². The second kappa shape index (κ2) is 9.20. The average Bonchev–Trinajstić information content (AvgIpc) is 3.24. The van der Waals surface area contributed by atoms with E-state index < -0.39 is 0 Å². The number of likely N-dealkylation sites (tertiary alicyclic amines) is 1.